The van der Waals surface area contributed by atoms with Crippen LogP contribution in [0.3, 0.4) is 0 Å². The molecular formula is C12H17NO2S. The summed E-state index contributed by atoms with van der Waals surface area (Å²) in [5.74, 6) is 0.265. The topological polar surface area (TPSA) is 46.2 Å². The van der Waals surface area contributed by atoms with Gasteiger partial charge in [-0.15, -0.1) is 0 Å². The van der Waals surface area contributed by atoms with Gasteiger partial charge in [0.2, 0.25) is 0 Å². The zero-order valence-corrected chi connectivity index (χ0v) is 10.5. The van der Waals surface area contributed by atoms with E-state index in [1.54, 1.807) is 6.07 Å². The van der Waals surface area contributed by atoms with Gasteiger partial charge in [-0.25, -0.2) is 8.42 Å². The molecule has 0 aromatic heterocycles. The molecule has 1 N–H and O–H groups in total. The molecular weight excluding hydrogens is 222 g/mol. The molecule has 0 bridgehead atoms. The first kappa shape index (κ1) is 11.6. The van der Waals surface area contributed by atoms with Crippen molar-refractivity contribution in [3.8, 4) is 0 Å². The zero-order valence-electron chi connectivity index (χ0n) is 9.66. The summed E-state index contributed by atoms with van der Waals surface area (Å²) in [6, 6.07) is 5.76. The summed E-state index contributed by atoms with van der Waals surface area (Å²) in [5, 5.41) is 3.20. The van der Waals surface area contributed by atoms with E-state index in [1.807, 2.05) is 26.1 Å². The average Bonchev–Trinajstić information content (AvgIpc) is 2.35. The fraction of sp³-hybridized carbons (Fsp3) is 0.500. The predicted octanol–water partition coefficient (Wildman–Crippen LogP) is 1.82. The standard InChI is InChI=1S/C12H17NO2S/c1-9-5-6-12-10(8-9)11(13-2)4-3-7-16(12,14)15/h5-6,8,11,13H,3-4,7H2,1-2H3. The Bertz CT molecular complexity index is 494. The van der Waals surface area contributed by atoms with Crippen LogP contribution in [0.15, 0.2) is 23.1 Å². The lowest BCUT2D eigenvalue weighted by Crippen LogP contribution is -2.16. The minimum absolute atomic E-state index is 0.159. The van der Waals surface area contributed by atoms with Crippen molar-refractivity contribution in [1.82, 2.24) is 5.32 Å². The van der Waals surface area contributed by atoms with Gasteiger partial charge in [0.05, 0.1) is 10.6 Å². The Morgan fingerprint density at radius 1 is 1.38 bits per heavy atom. The summed E-state index contributed by atoms with van der Waals surface area (Å²) in [6.07, 6.45) is 1.60. The van der Waals surface area contributed by atoms with Gasteiger partial charge in [-0.2, -0.15) is 0 Å². The molecule has 1 unspecified atom stereocenters. The van der Waals surface area contributed by atoms with Crippen LogP contribution in [0.4, 0.5) is 0 Å². The maximum atomic E-state index is 12.0. The van der Waals surface area contributed by atoms with Crippen molar-refractivity contribution in [1.29, 1.82) is 0 Å². The second-order valence-electron chi connectivity index (χ2n) is 4.34. The van der Waals surface area contributed by atoms with Crippen LogP contribution in [0.1, 0.15) is 30.0 Å². The third kappa shape index (κ3) is 1.99. The van der Waals surface area contributed by atoms with Crippen molar-refractivity contribution in [2.75, 3.05) is 12.8 Å². The van der Waals surface area contributed by atoms with Crippen LogP contribution in [0.25, 0.3) is 0 Å². The van der Waals surface area contributed by atoms with Gasteiger partial charge in [0.1, 0.15) is 0 Å². The van der Waals surface area contributed by atoms with Crippen LogP contribution < -0.4 is 5.32 Å². The summed E-state index contributed by atoms with van der Waals surface area (Å²) >= 11 is 0. The maximum absolute atomic E-state index is 12.0. The molecule has 88 valence electrons. The minimum atomic E-state index is -3.08. The molecule has 1 atom stereocenters. The van der Waals surface area contributed by atoms with Gasteiger partial charge in [-0.3, -0.25) is 0 Å². The Morgan fingerprint density at radius 2 is 2.12 bits per heavy atom. The molecule has 1 aliphatic rings. The molecule has 0 amide bonds. The molecule has 0 saturated carbocycles. The van der Waals surface area contributed by atoms with Gasteiger partial charge in [-0.1, -0.05) is 17.7 Å². The molecule has 1 heterocycles. The van der Waals surface area contributed by atoms with Gasteiger partial charge >= 0.3 is 0 Å². The fourth-order valence-electron chi connectivity index (χ4n) is 2.27. The highest BCUT2D eigenvalue weighted by molar-refractivity contribution is 7.91. The number of nitrogens with one attached hydrogen (secondary N) is 1. The number of benzene rings is 1. The fourth-order valence-corrected chi connectivity index (χ4v) is 3.87. The summed E-state index contributed by atoms with van der Waals surface area (Å²) in [6.45, 7) is 1.99. The van der Waals surface area contributed by atoms with Gasteiger partial charge in [-0.05, 0) is 38.4 Å². The Hall–Kier alpha value is -0.870. The largest absolute Gasteiger partial charge is 0.313 e. The smallest absolute Gasteiger partial charge is 0.178 e. The summed E-state index contributed by atoms with van der Waals surface area (Å²) in [7, 11) is -1.19. The van der Waals surface area contributed by atoms with Gasteiger partial charge in [0.25, 0.3) is 0 Å². The van der Waals surface area contributed by atoms with Crippen molar-refractivity contribution >= 4 is 9.84 Å². The van der Waals surface area contributed by atoms with E-state index in [1.165, 1.54) is 0 Å². The molecule has 1 aromatic rings. The monoisotopic (exact) mass is 239 g/mol. The molecule has 1 aliphatic heterocycles. The van der Waals surface area contributed by atoms with E-state index in [9.17, 15) is 8.42 Å². The number of fused-ring (bicyclic) bond motifs is 1. The lowest BCUT2D eigenvalue weighted by atomic mass is 10.0. The number of hydrogen-bond donors (Lipinski definition) is 1. The molecule has 4 heteroatoms. The summed E-state index contributed by atoms with van der Waals surface area (Å²) < 4.78 is 24.1. The highest BCUT2D eigenvalue weighted by atomic mass is 32.2. The molecule has 0 spiro atoms. The second-order valence-corrected chi connectivity index (χ2v) is 6.42. The van der Waals surface area contributed by atoms with Gasteiger partial charge in [0.15, 0.2) is 9.84 Å². The van der Waals surface area contributed by atoms with Crippen molar-refractivity contribution in [3.63, 3.8) is 0 Å². The molecule has 2 rings (SSSR count). The van der Waals surface area contributed by atoms with Crippen LogP contribution in [0.2, 0.25) is 0 Å². The Balaban J connectivity index is 2.64. The van der Waals surface area contributed by atoms with Crippen LogP contribution in [0.5, 0.6) is 0 Å². The first-order valence-electron chi connectivity index (χ1n) is 5.55. The van der Waals surface area contributed by atoms with E-state index in [2.05, 4.69) is 5.32 Å². The normalized spacial score (nSPS) is 23.5. The van der Waals surface area contributed by atoms with E-state index >= 15 is 0 Å². The number of sulfone groups is 1. The van der Waals surface area contributed by atoms with E-state index < -0.39 is 9.84 Å². The summed E-state index contributed by atoms with van der Waals surface area (Å²) in [4.78, 5) is 0.509. The summed E-state index contributed by atoms with van der Waals surface area (Å²) in [5.41, 5.74) is 2.04. The molecule has 0 fully saturated rings. The van der Waals surface area contributed by atoms with Crippen LogP contribution >= 0.6 is 0 Å². The maximum Gasteiger partial charge on any atom is 0.178 e. The lowest BCUT2D eigenvalue weighted by molar-refractivity contribution is 0.540. The number of aryl methyl sites for hydroxylation is 1. The molecule has 0 saturated heterocycles. The highest BCUT2D eigenvalue weighted by Gasteiger charge is 2.26. The molecule has 1 aromatic carbocycles. The first-order chi connectivity index (χ1) is 7.54. The average molecular weight is 239 g/mol. The van der Waals surface area contributed by atoms with Crippen molar-refractivity contribution in [2.45, 2.75) is 30.7 Å². The van der Waals surface area contributed by atoms with Crippen molar-refractivity contribution in [2.24, 2.45) is 0 Å². The number of hydrogen-bond acceptors (Lipinski definition) is 3. The van der Waals surface area contributed by atoms with E-state index in [-0.39, 0.29) is 11.8 Å². The van der Waals surface area contributed by atoms with Gasteiger partial charge in [0, 0.05) is 6.04 Å². The highest BCUT2D eigenvalue weighted by Crippen LogP contribution is 2.31. The van der Waals surface area contributed by atoms with Crippen molar-refractivity contribution in [3.05, 3.63) is 29.3 Å². The first-order valence-corrected chi connectivity index (χ1v) is 7.20. The molecule has 0 radical (unpaired) electrons. The lowest BCUT2D eigenvalue weighted by Gasteiger charge is -2.16. The van der Waals surface area contributed by atoms with E-state index in [0.29, 0.717) is 4.90 Å². The van der Waals surface area contributed by atoms with Gasteiger partial charge < -0.3 is 5.32 Å². The molecule has 16 heavy (non-hydrogen) atoms. The third-order valence-electron chi connectivity index (χ3n) is 3.13. The van der Waals surface area contributed by atoms with Crippen LogP contribution in [0, 0.1) is 6.92 Å². The van der Waals surface area contributed by atoms with E-state index in [4.69, 9.17) is 0 Å². The van der Waals surface area contributed by atoms with Crippen LogP contribution in [-0.4, -0.2) is 21.2 Å². The molecule has 3 nitrogen and oxygen atoms in total. The molecule has 0 aliphatic carbocycles. The second kappa shape index (κ2) is 4.18. The number of rotatable bonds is 1. The predicted molar refractivity (Wildman–Crippen MR) is 64.3 cm³/mol. The third-order valence-corrected chi connectivity index (χ3v) is 5.00. The Kier molecular flexibility index (Phi) is 3.04. The minimum Gasteiger partial charge on any atom is -0.313 e. The van der Waals surface area contributed by atoms with Crippen molar-refractivity contribution < 1.29 is 8.42 Å². The SMILES string of the molecule is CNC1CCCS(=O)(=O)c2ccc(C)cc21. The Morgan fingerprint density at radius 3 is 2.81 bits per heavy atom. The Labute approximate surface area is 96.8 Å². The van der Waals surface area contributed by atoms with E-state index in [0.717, 1.165) is 24.0 Å². The quantitative estimate of drug-likeness (QED) is 0.813. The van der Waals surface area contributed by atoms with Crippen LogP contribution in [-0.2, 0) is 9.84 Å². The zero-order chi connectivity index (χ0) is 11.8.